The van der Waals surface area contributed by atoms with Crippen LogP contribution in [0.5, 0.6) is 0 Å². The Kier molecular flexibility index (Phi) is 2.90. The van der Waals surface area contributed by atoms with E-state index in [9.17, 15) is 0 Å². The lowest BCUT2D eigenvalue weighted by Crippen LogP contribution is -2.52. The highest BCUT2D eigenvalue weighted by atomic mass is 28.5. The molecule has 0 aliphatic carbocycles. The molecule has 0 bridgehead atoms. The highest BCUT2D eigenvalue weighted by Crippen LogP contribution is 2.11. The molecular weight excluding hydrogens is 204 g/mol. The van der Waals surface area contributed by atoms with E-state index in [-0.39, 0.29) is 0 Å². The summed E-state index contributed by atoms with van der Waals surface area (Å²) in [5.41, 5.74) is 7.19. The van der Waals surface area contributed by atoms with Crippen LogP contribution in [-0.2, 0) is 12.3 Å². The van der Waals surface area contributed by atoms with Gasteiger partial charge >= 0.3 is 17.8 Å². The van der Waals surface area contributed by atoms with Gasteiger partial charge in [0.1, 0.15) is 0 Å². The first kappa shape index (κ1) is 9.30. The smallest absolute Gasteiger partial charge is 0.413 e. The molecule has 0 spiro atoms. The fourth-order valence-electron chi connectivity index (χ4n) is 0.673. The van der Waals surface area contributed by atoms with Gasteiger partial charge in [-0.05, 0) is 0 Å². The van der Waals surface area contributed by atoms with Gasteiger partial charge in [0.15, 0.2) is 0 Å². The Labute approximate surface area is 76.6 Å². The first-order chi connectivity index (χ1) is 5.76. The van der Waals surface area contributed by atoms with Gasteiger partial charge in [0.05, 0.1) is 0 Å². The molecule has 1 heterocycles. The molecule has 1 saturated heterocycles. The molecule has 1 rings (SSSR count). The Morgan fingerprint density at radius 2 is 1.92 bits per heavy atom. The lowest BCUT2D eigenvalue weighted by Gasteiger charge is -2.28. The second-order valence-corrected chi connectivity index (χ2v) is 8.42. The van der Waals surface area contributed by atoms with E-state index in [0.29, 0.717) is 0 Å². The minimum absolute atomic E-state index is 1.11. The predicted octanol–water partition coefficient (Wildman–Crippen LogP) is -1.77. The quantitative estimate of drug-likeness (QED) is 0.350. The Morgan fingerprint density at radius 3 is 2.42 bits per heavy atom. The normalized spacial score (nSPS) is 28.2. The van der Waals surface area contributed by atoms with Crippen molar-refractivity contribution in [2.45, 2.75) is 0 Å². The van der Waals surface area contributed by atoms with E-state index in [2.05, 4.69) is 16.6 Å². The zero-order valence-corrected chi connectivity index (χ0v) is 9.81. The molecular formula is C6H6O3Si3. The maximum Gasteiger partial charge on any atom is 0.492 e. The Hall–Kier alpha value is -0.789. The molecule has 1 aliphatic rings. The lowest BCUT2D eigenvalue weighted by molar-refractivity contribution is 0.309. The van der Waals surface area contributed by atoms with Crippen LogP contribution in [-0.4, -0.2) is 27.9 Å². The van der Waals surface area contributed by atoms with Gasteiger partial charge in [0.25, 0.3) is 10.0 Å². The molecule has 0 aromatic heterocycles. The maximum absolute atomic E-state index is 5.28. The molecule has 6 heteroatoms. The summed E-state index contributed by atoms with van der Waals surface area (Å²) in [6, 6.07) is 0. The van der Waals surface area contributed by atoms with Crippen molar-refractivity contribution in [3.05, 3.63) is 0 Å². The summed E-state index contributed by atoms with van der Waals surface area (Å²) >= 11 is 0. The van der Waals surface area contributed by atoms with E-state index in [0.717, 1.165) is 0 Å². The van der Waals surface area contributed by atoms with Crippen molar-refractivity contribution in [1.82, 2.24) is 0 Å². The van der Waals surface area contributed by atoms with Gasteiger partial charge in [0.2, 0.25) is 0 Å². The number of hydrogen-bond acceptors (Lipinski definition) is 3. The third kappa shape index (κ3) is 1.68. The van der Waals surface area contributed by atoms with Crippen LogP contribution >= 0.6 is 0 Å². The van der Waals surface area contributed by atoms with Crippen LogP contribution in [0.25, 0.3) is 0 Å². The van der Waals surface area contributed by atoms with Crippen LogP contribution in [0.4, 0.5) is 0 Å². The maximum atomic E-state index is 5.28. The molecule has 0 aromatic rings. The summed E-state index contributed by atoms with van der Waals surface area (Å²) in [7, 11) is -5.93. The van der Waals surface area contributed by atoms with E-state index in [1.165, 1.54) is 0 Å². The molecule has 1 unspecified atom stereocenters. The van der Waals surface area contributed by atoms with Gasteiger partial charge in [-0.3, -0.25) is 0 Å². The molecule has 0 saturated carbocycles. The van der Waals surface area contributed by atoms with Gasteiger partial charge in [-0.1, -0.05) is 16.6 Å². The molecule has 60 valence electrons. The zero-order chi connectivity index (χ0) is 9.03. The van der Waals surface area contributed by atoms with Crippen molar-refractivity contribution in [3.63, 3.8) is 0 Å². The minimum Gasteiger partial charge on any atom is -0.413 e. The Balaban J connectivity index is 2.77. The number of rotatable bonds is 0. The van der Waals surface area contributed by atoms with E-state index < -0.39 is 27.9 Å². The second kappa shape index (κ2) is 3.74. The topological polar surface area (TPSA) is 27.7 Å². The van der Waals surface area contributed by atoms with E-state index >= 15 is 0 Å². The molecule has 0 aromatic carbocycles. The van der Waals surface area contributed by atoms with Gasteiger partial charge in [0, 0.05) is 0 Å². The van der Waals surface area contributed by atoms with Gasteiger partial charge in [-0.25, -0.2) is 0 Å². The van der Waals surface area contributed by atoms with Crippen LogP contribution < -0.4 is 0 Å². The fourth-order valence-corrected chi connectivity index (χ4v) is 7.64. The van der Waals surface area contributed by atoms with E-state index in [1.807, 2.05) is 0 Å². The molecule has 3 nitrogen and oxygen atoms in total. The van der Waals surface area contributed by atoms with Crippen LogP contribution in [0.2, 0.25) is 0 Å². The molecule has 0 radical (unpaired) electrons. The Bertz CT molecular complexity index is 281. The summed E-state index contributed by atoms with van der Waals surface area (Å²) in [5.74, 6) is 0. The second-order valence-electron chi connectivity index (χ2n) is 1.95. The lowest BCUT2D eigenvalue weighted by atomic mass is 11.4. The highest BCUT2D eigenvalue weighted by molar-refractivity contribution is 6.92. The summed E-state index contributed by atoms with van der Waals surface area (Å²) in [6.07, 6.45) is 15.6. The Morgan fingerprint density at radius 1 is 1.25 bits per heavy atom. The highest BCUT2D eigenvalue weighted by Gasteiger charge is 2.41. The van der Waals surface area contributed by atoms with Crippen molar-refractivity contribution in [2.24, 2.45) is 0 Å². The first-order valence-corrected chi connectivity index (χ1v) is 7.60. The fraction of sp³-hybridized carbons (Fsp3) is 0. The van der Waals surface area contributed by atoms with Crippen molar-refractivity contribution < 1.29 is 12.3 Å². The first-order valence-electron chi connectivity index (χ1n) is 3.11. The standard InChI is InChI=1S/C6H6O3Si3/c1-4-11-7-10-8-12(5-2,6-3)9-11/h1-3,11H,10H2. The van der Waals surface area contributed by atoms with Crippen molar-refractivity contribution in [1.29, 1.82) is 0 Å². The average Bonchev–Trinajstić information content (AvgIpc) is 2.18. The third-order valence-corrected chi connectivity index (χ3v) is 8.34. The van der Waals surface area contributed by atoms with Crippen LogP contribution in [0, 0.1) is 35.9 Å². The molecule has 0 N–H and O–H groups in total. The van der Waals surface area contributed by atoms with Crippen molar-refractivity contribution in [2.75, 3.05) is 0 Å². The minimum atomic E-state index is -2.80. The van der Waals surface area contributed by atoms with Gasteiger partial charge in [-0.2, -0.15) is 0 Å². The predicted molar refractivity (Wildman–Crippen MR) is 51.2 cm³/mol. The van der Waals surface area contributed by atoms with Gasteiger partial charge < -0.3 is 12.3 Å². The van der Waals surface area contributed by atoms with Crippen LogP contribution in [0.1, 0.15) is 0 Å². The molecule has 1 fully saturated rings. The third-order valence-electron chi connectivity index (χ3n) is 1.27. The monoisotopic (exact) mass is 210 g/mol. The molecule has 1 atom stereocenters. The molecule has 0 amide bonds. The SMILES string of the molecule is C#C[SiH]1O[SiH2]O[Si](C#C)(C#C)O1. The average molecular weight is 210 g/mol. The zero-order valence-electron chi connectivity index (χ0n) is 6.24. The van der Waals surface area contributed by atoms with Crippen LogP contribution in [0.15, 0.2) is 0 Å². The molecule has 1 aliphatic heterocycles. The summed E-state index contributed by atoms with van der Waals surface area (Å²) in [5, 5.41) is 0. The number of hydrogen-bond donors (Lipinski definition) is 0. The van der Waals surface area contributed by atoms with E-state index in [1.54, 1.807) is 0 Å². The van der Waals surface area contributed by atoms with Crippen molar-refractivity contribution >= 4 is 27.9 Å². The molecule has 12 heavy (non-hydrogen) atoms. The van der Waals surface area contributed by atoms with Gasteiger partial charge in [-0.15, -0.1) is 19.3 Å². The summed E-state index contributed by atoms with van der Waals surface area (Å²) in [6.45, 7) is 0. The number of terminal acetylenes is 3. The van der Waals surface area contributed by atoms with E-state index in [4.69, 9.17) is 31.6 Å². The van der Waals surface area contributed by atoms with Crippen molar-refractivity contribution in [3.8, 4) is 35.9 Å². The van der Waals surface area contributed by atoms with Crippen LogP contribution in [0.3, 0.4) is 0 Å². The summed E-state index contributed by atoms with van der Waals surface area (Å²) in [4.78, 5) is 0. The largest absolute Gasteiger partial charge is 0.492 e. The summed E-state index contributed by atoms with van der Waals surface area (Å²) < 4.78 is 15.6.